The van der Waals surface area contributed by atoms with E-state index in [4.69, 9.17) is 4.74 Å². The molecule has 0 unspecified atom stereocenters. The smallest absolute Gasteiger partial charge is 0.246 e. The summed E-state index contributed by atoms with van der Waals surface area (Å²) in [5.74, 6) is 2.03. The van der Waals surface area contributed by atoms with Gasteiger partial charge in [0.2, 0.25) is 5.91 Å². The molecule has 0 bridgehead atoms. The Labute approximate surface area is 180 Å². The molecule has 1 heterocycles. The van der Waals surface area contributed by atoms with Crippen LogP contribution in [0.2, 0.25) is 0 Å². The first-order chi connectivity index (χ1) is 14.2. The van der Waals surface area contributed by atoms with Gasteiger partial charge in [-0.1, -0.05) is 24.3 Å². The fourth-order valence-corrected chi connectivity index (χ4v) is 4.16. The Morgan fingerprint density at radius 3 is 2.40 bits per heavy atom. The molecule has 2 aromatic rings. The van der Waals surface area contributed by atoms with Crippen LogP contribution in [0.1, 0.15) is 49.8 Å². The second-order valence-corrected chi connectivity index (χ2v) is 9.08. The average Bonchev–Trinajstić information content (AvgIpc) is 2.65. The van der Waals surface area contributed by atoms with Crippen LogP contribution in [0.25, 0.3) is 6.08 Å². The summed E-state index contributed by atoms with van der Waals surface area (Å²) in [5.41, 5.74) is 2.54. The molecule has 0 spiro atoms. The first kappa shape index (κ1) is 22.1. The number of benzene rings is 2. The van der Waals surface area contributed by atoms with Gasteiger partial charge in [-0.15, -0.1) is 0 Å². The molecule has 2 aromatic carbocycles. The van der Waals surface area contributed by atoms with Gasteiger partial charge in [0.25, 0.3) is 0 Å². The summed E-state index contributed by atoms with van der Waals surface area (Å²) in [4.78, 5) is 14.6. The Hall–Kier alpha value is -2.59. The number of likely N-dealkylation sites (tertiary alicyclic amines) is 1. The van der Waals surface area contributed by atoms with E-state index in [2.05, 4.69) is 19.9 Å². The summed E-state index contributed by atoms with van der Waals surface area (Å²) in [7, 11) is 0. The third-order valence-corrected chi connectivity index (χ3v) is 5.46. The van der Waals surface area contributed by atoms with Crippen LogP contribution in [0.4, 0.5) is 0 Å². The highest BCUT2D eigenvalue weighted by molar-refractivity contribution is 5.92. The van der Waals surface area contributed by atoms with Gasteiger partial charge in [-0.25, -0.2) is 0 Å². The standard InChI is InChI=1S/C26H33NO3/c1-19-15-20(2)17-23(16-19)30-24-8-6-5-7-22(24)9-10-25(28)27-13-11-21(12-14-27)18-26(3,4)29/h5-10,15-17,21,29H,11-14,18H2,1-4H3/b10-9+. The molecule has 0 radical (unpaired) electrons. The van der Waals surface area contributed by atoms with Crippen LogP contribution >= 0.6 is 0 Å². The van der Waals surface area contributed by atoms with E-state index < -0.39 is 5.60 Å². The number of nitrogens with zero attached hydrogens (tertiary/aromatic N) is 1. The van der Waals surface area contributed by atoms with Gasteiger partial charge in [-0.2, -0.15) is 0 Å². The Kier molecular flexibility index (Phi) is 6.99. The van der Waals surface area contributed by atoms with Crippen molar-refractivity contribution >= 4 is 12.0 Å². The molecule has 0 aliphatic carbocycles. The Balaban J connectivity index is 1.63. The van der Waals surface area contributed by atoms with Crippen molar-refractivity contribution in [3.63, 3.8) is 0 Å². The molecule has 1 aliphatic heterocycles. The lowest BCUT2D eigenvalue weighted by Gasteiger charge is -2.34. The van der Waals surface area contributed by atoms with Gasteiger partial charge in [-0.05, 0) is 88.3 Å². The summed E-state index contributed by atoms with van der Waals surface area (Å²) in [5, 5.41) is 10.0. The van der Waals surface area contributed by atoms with Gasteiger partial charge in [0.05, 0.1) is 5.60 Å². The van der Waals surface area contributed by atoms with E-state index >= 15 is 0 Å². The largest absolute Gasteiger partial charge is 0.457 e. The van der Waals surface area contributed by atoms with Crippen LogP contribution < -0.4 is 4.74 Å². The molecule has 160 valence electrons. The second-order valence-electron chi connectivity index (χ2n) is 9.08. The number of ether oxygens (including phenoxy) is 1. The van der Waals surface area contributed by atoms with Crippen molar-refractivity contribution in [1.29, 1.82) is 0 Å². The van der Waals surface area contributed by atoms with E-state index in [-0.39, 0.29) is 5.91 Å². The average molecular weight is 408 g/mol. The van der Waals surface area contributed by atoms with Crippen molar-refractivity contribution < 1.29 is 14.6 Å². The highest BCUT2D eigenvalue weighted by Crippen LogP contribution is 2.29. The molecular weight excluding hydrogens is 374 g/mol. The monoisotopic (exact) mass is 407 g/mol. The molecule has 1 aliphatic rings. The molecule has 4 nitrogen and oxygen atoms in total. The zero-order chi connectivity index (χ0) is 21.7. The number of rotatable bonds is 6. The number of para-hydroxylation sites is 1. The minimum Gasteiger partial charge on any atom is -0.457 e. The third kappa shape index (κ3) is 6.46. The van der Waals surface area contributed by atoms with Gasteiger partial charge in [-0.3, -0.25) is 4.79 Å². The molecule has 1 saturated heterocycles. The van der Waals surface area contributed by atoms with Crippen molar-refractivity contribution in [1.82, 2.24) is 4.90 Å². The fourth-order valence-electron chi connectivity index (χ4n) is 4.16. The van der Waals surface area contributed by atoms with Gasteiger partial charge < -0.3 is 14.7 Å². The molecule has 1 fully saturated rings. The maximum atomic E-state index is 12.7. The van der Waals surface area contributed by atoms with Crippen molar-refractivity contribution in [2.45, 2.75) is 52.6 Å². The fraction of sp³-hybridized carbons (Fsp3) is 0.423. The van der Waals surface area contributed by atoms with E-state index in [1.54, 1.807) is 6.08 Å². The highest BCUT2D eigenvalue weighted by Gasteiger charge is 2.26. The number of carbonyl (C=O) groups excluding carboxylic acids is 1. The number of amides is 1. The maximum Gasteiger partial charge on any atom is 0.246 e. The van der Waals surface area contributed by atoms with Crippen molar-refractivity contribution in [3.05, 3.63) is 65.2 Å². The molecule has 0 aromatic heterocycles. The van der Waals surface area contributed by atoms with E-state index in [0.29, 0.717) is 5.92 Å². The Morgan fingerprint density at radius 2 is 1.77 bits per heavy atom. The number of hydrogen-bond acceptors (Lipinski definition) is 3. The number of piperidine rings is 1. The van der Waals surface area contributed by atoms with Crippen LogP contribution in [0.3, 0.4) is 0 Å². The molecule has 4 heteroatoms. The number of aliphatic hydroxyl groups is 1. The summed E-state index contributed by atoms with van der Waals surface area (Å²) in [6, 6.07) is 13.9. The predicted octanol–water partition coefficient (Wildman–Crippen LogP) is 5.51. The first-order valence-corrected chi connectivity index (χ1v) is 10.7. The molecule has 3 rings (SSSR count). The van der Waals surface area contributed by atoms with Gasteiger partial charge >= 0.3 is 0 Å². The normalized spacial score (nSPS) is 15.6. The minimum atomic E-state index is -0.643. The SMILES string of the molecule is Cc1cc(C)cc(Oc2ccccc2/C=C/C(=O)N2CCC(CC(C)(C)O)CC2)c1. The maximum absolute atomic E-state index is 12.7. The third-order valence-electron chi connectivity index (χ3n) is 5.46. The summed E-state index contributed by atoms with van der Waals surface area (Å²) in [6.45, 7) is 9.29. The molecule has 1 N–H and O–H groups in total. The van der Waals surface area contributed by atoms with Crippen LogP contribution in [0, 0.1) is 19.8 Å². The first-order valence-electron chi connectivity index (χ1n) is 10.7. The highest BCUT2D eigenvalue weighted by atomic mass is 16.5. The number of hydrogen-bond donors (Lipinski definition) is 1. The topological polar surface area (TPSA) is 49.8 Å². The van der Waals surface area contributed by atoms with Crippen molar-refractivity contribution in [3.8, 4) is 11.5 Å². The summed E-state index contributed by atoms with van der Waals surface area (Å²) < 4.78 is 6.11. The lowest BCUT2D eigenvalue weighted by Crippen LogP contribution is -2.39. The lowest BCUT2D eigenvalue weighted by molar-refractivity contribution is -0.127. The Bertz CT molecular complexity index is 882. The van der Waals surface area contributed by atoms with Crippen LogP contribution in [-0.4, -0.2) is 34.6 Å². The lowest BCUT2D eigenvalue weighted by atomic mass is 9.86. The number of carbonyl (C=O) groups is 1. The molecule has 1 amide bonds. The van der Waals surface area contributed by atoms with Crippen molar-refractivity contribution in [2.75, 3.05) is 13.1 Å². The van der Waals surface area contributed by atoms with E-state index in [1.165, 1.54) is 0 Å². The molecule has 30 heavy (non-hydrogen) atoms. The molecule has 0 saturated carbocycles. The summed E-state index contributed by atoms with van der Waals surface area (Å²) >= 11 is 0. The van der Waals surface area contributed by atoms with E-state index in [0.717, 1.165) is 60.5 Å². The van der Waals surface area contributed by atoms with Crippen LogP contribution in [0.15, 0.2) is 48.5 Å². The second kappa shape index (κ2) is 9.48. The summed E-state index contributed by atoms with van der Waals surface area (Å²) in [6.07, 6.45) is 6.14. The molecular formula is C26H33NO3. The quantitative estimate of drug-likeness (QED) is 0.643. The zero-order valence-corrected chi connectivity index (χ0v) is 18.5. The van der Waals surface area contributed by atoms with Crippen LogP contribution in [-0.2, 0) is 4.79 Å². The van der Waals surface area contributed by atoms with Crippen LogP contribution in [0.5, 0.6) is 11.5 Å². The molecule has 0 atom stereocenters. The Morgan fingerprint density at radius 1 is 1.13 bits per heavy atom. The van der Waals surface area contributed by atoms with E-state index in [1.807, 2.05) is 61.2 Å². The van der Waals surface area contributed by atoms with E-state index in [9.17, 15) is 9.90 Å². The van der Waals surface area contributed by atoms with Gasteiger partial charge in [0, 0.05) is 24.7 Å². The number of aryl methyl sites for hydroxylation is 2. The predicted molar refractivity (Wildman–Crippen MR) is 122 cm³/mol. The van der Waals surface area contributed by atoms with Gasteiger partial charge in [0.1, 0.15) is 11.5 Å². The van der Waals surface area contributed by atoms with Crippen molar-refractivity contribution in [2.24, 2.45) is 5.92 Å². The van der Waals surface area contributed by atoms with Gasteiger partial charge in [0.15, 0.2) is 0 Å². The minimum absolute atomic E-state index is 0.0258. The zero-order valence-electron chi connectivity index (χ0n) is 18.5.